The number of likely N-dealkylation sites (tertiary alicyclic amines) is 1. The van der Waals surface area contributed by atoms with E-state index in [0.717, 1.165) is 62.1 Å². The van der Waals surface area contributed by atoms with Crippen LogP contribution in [-0.4, -0.2) is 82.8 Å². The second-order valence-corrected chi connectivity index (χ2v) is 14.5. The van der Waals surface area contributed by atoms with Gasteiger partial charge in [-0.2, -0.15) is 16.9 Å². The predicted molar refractivity (Wildman–Crippen MR) is 149 cm³/mol. The van der Waals surface area contributed by atoms with E-state index in [1.807, 2.05) is 0 Å². The number of alkyl halides is 3. The number of halogens is 3. The minimum Gasteiger partial charge on any atom is -0.349 e. The Kier molecular flexibility index (Phi) is 9.18. The van der Waals surface area contributed by atoms with E-state index in [2.05, 4.69) is 20.5 Å². The summed E-state index contributed by atoms with van der Waals surface area (Å²) in [5.74, 6) is -1.04. The molecule has 1 aliphatic carbocycles. The minimum absolute atomic E-state index is 0.0404. The van der Waals surface area contributed by atoms with Crippen LogP contribution >= 0.6 is 0 Å². The summed E-state index contributed by atoms with van der Waals surface area (Å²) in [6.45, 7) is 0.930. The lowest BCUT2D eigenvalue weighted by molar-refractivity contribution is -0.137. The number of sulfonamides is 2. The molecular formula is C26H32F3N5O6S2. The van der Waals surface area contributed by atoms with E-state index in [4.69, 9.17) is 0 Å². The van der Waals surface area contributed by atoms with Crippen LogP contribution < -0.4 is 14.3 Å². The number of pyridine rings is 1. The number of anilines is 1. The van der Waals surface area contributed by atoms with E-state index >= 15 is 0 Å². The van der Waals surface area contributed by atoms with Crippen molar-refractivity contribution < 1.29 is 39.6 Å². The standard InChI is InChI=1S/C26H32F3N5O6S2/c1-41(37,38)34(42(2,39)40)22-10-11-23(30-13-22)17-6-8-21(9-7-17)33-15-20(16-33)32-24(35)14-31-25(36)18-4-3-5-19(12-18)26(27,28)29/h3-5,10-13,17,20-21H,6-9,14-16H2,1-2H3,(H,31,36)(H,32,35). The van der Waals surface area contributed by atoms with Crippen LogP contribution in [0.25, 0.3) is 0 Å². The van der Waals surface area contributed by atoms with Gasteiger partial charge in [-0.25, -0.2) is 16.8 Å². The maximum absolute atomic E-state index is 12.9. The van der Waals surface area contributed by atoms with Crippen molar-refractivity contribution in [1.29, 1.82) is 0 Å². The van der Waals surface area contributed by atoms with Crippen molar-refractivity contribution in [3.63, 3.8) is 0 Å². The van der Waals surface area contributed by atoms with Crippen molar-refractivity contribution in [2.45, 2.75) is 49.9 Å². The van der Waals surface area contributed by atoms with Crippen molar-refractivity contribution in [2.75, 3.05) is 35.9 Å². The number of nitrogens with zero attached hydrogens (tertiary/aromatic N) is 3. The minimum atomic E-state index is -4.57. The Bertz CT molecular complexity index is 1490. The van der Waals surface area contributed by atoms with Crippen LogP contribution in [0, 0.1) is 0 Å². The molecule has 2 N–H and O–H groups in total. The van der Waals surface area contributed by atoms with Gasteiger partial charge in [-0.1, -0.05) is 6.07 Å². The van der Waals surface area contributed by atoms with E-state index < -0.39 is 43.6 Å². The lowest BCUT2D eigenvalue weighted by Gasteiger charge is -2.46. The number of carbonyl (C=O) groups is 2. The molecule has 4 rings (SSSR count). The molecule has 11 nitrogen and oxygen atoms in total. The molecule has 1 saturated carbocycles. The molecule has 0 bridgehead atoms. The van der Waals surface area contributed by atoms with Crippen LogP contribution in [-0.2, 0) is 31.0 Å². The normalized spacial score (nSPS) is 20.4. The van der Waals surface area contributed by atoms with E-state index in [-0.39, 0.29) is 29.8 Å². The van der Waals surface area contributed by atoms with Gasteiger partial charge in [0.15, 0.2) is 0 Å². The topological polar surface area (TPSA) is 146 Å². The first-order valence-electron chi connectivity index (χ1n) is 13.2. The van der Waals surface area contributed by atoms with Crippen LogP contribution in [0.5, 0.6) is 0 Å². The maximum Gasteiger partial charge on any atom is 0.416 e. The third kappa shape index (κ3) is 7.77. The zero-order chi connectivity index (χ0) is 30.9. The molecule has 42 heavy (non-hydrogen) atoms. The Morgan fingerprint density at radius 3 is 2.19 bits per heavy atom. The third-order valence-corrected chi connectivity index (χ3v) is 10.6. The first-order chi connectivity index (χ1) is 19.5. The van der Waals surface area contributed by atoms with Gasteiger partial charge < -0.3 is 10.6 Å². The molecule has 0 unspecified atom stereocenters. The fourth-order valence-electron chi connectivity index (χ4n) is 5.39. The highest BCUT2D eigenvalue weighted by atomic mass is 32.3. The largest absolute Gasteiger partial charge is 0.416 e. The molecular weight excluding hydrogens is 599 g/mol. The Labute approximate surface area is 242 Å². The molecule has 230 valence electrons. The summed E-state index contributed by atoms with van der Waals surface area (Å²) >= 11 is 0. The summed E-state index contributed by atoms with van der Waals surface area (Å²) in [6, 6.07) is 7.32. The van der Waals surface area contributed by atoms with Crippen LogP contribution in [0.4, 0.5) is 18.9 Å². The Balaban J connectivity index is 1.19. The molecule has 16 heteroatoms. The fourth-order valence-corrected chi connectivity index (χ4v) is 8.34. The second kappa shape index (κ2) is 12.2. The fraction of sp³-hybridized carbons (Fsp3) is 0.500. The first kappa shape index (κ1) is 31.7. The number of amides is 2. The summed E-state index contributed by atoms with van der Waals surface area (Å²) in [5.41, 5.74) is -0.400. The SMILES string of the molecule is CS(=O)(=O)N(c1ccc(C2CCC(N3CC(NC(=O)CNC(=O)c4cccc(C(F)(F)F)c4)C3)CC2)nc1)S(C)(=O)=O. The summed E-state index contributed by atoms with van der Waals surface area (Å²) in [6.07, 6.45) is 1.78. The molecule has 2 amide bonds. The molecule has 1 aromatic carbocycles. The summed E-state index contributed by atoms with van der Waals surface area (Å²) < 4.78 is 86.8. The van der Waals surface area contributed by atoms with Crippen LogP contribution in [0.3, 0.4) is 0 Å². The zero-order valence-electron chi connectivity index (χ0n) is 23.0. The number of hydrogen-bond donors (Lipinski definition) is 2. The van der Waals surface area contributed by atoms with Gasteiger partial charge in [-0.15, -0.1) is 0 Å². The van der Waals surface area contributed by atoms with Gasteiger partial charge in [0, 0.05) is 36.3 Å². The number of aromatic nitrogens is 1. The van der Waals surface area contributed by atoms with E-state index in [1.165, 1.54) is 18.3 Å². The average molecular weight is 632 g/mol. The van der Waals surface area contributed by atoms with Gasteiger partial charge in [0.25, 0.3) is 5.91 Å². The van der Waals surface area contributed by atoms with Gasteiger partial charge in [0.1, 0.15) is 0 Å². The van der Waals surface area contributed by atoms with Crippen molar-refractivity contribution >= 4 is 37.5 Å². The van der Waals surface area contributed by atoms with E-state index in [1.54, 1.807) is 6.07 Å². The van der Waals surface area contributed by atoms with Crippen molar-refractivity contribution in [2.24, 2.45) is 0 Å². The Hall–Kier alpha value is -3.24. The molecule has 2 aliphatic rings. The molecule has 2 heterocycles. The molecule has 1 aromatic heterocycles. The van der Waals surface area contributed by atoms with E-state index in [9.17, 15) is 39.6 Å². The number of benzene rings is 1. The van der Waals surface area contributed by atoms with Gasteiger partial charge in [0.05, 0.1) is 42.5 Å². The summed E-state index contributed by atoms with van der Waals surface area (Å²) in [7, 11) is -8.09. The average Bonchev–Trinajstić information content (AvgIpc) is 2.88. The van der Waals surface area contributed by atoms with E-state index in [0.29, 0.717) is 22.8 Å². The second-order valence-electron chi connectivity index (χ2n) is 10.6. The molecule has 1 saturated heterocycles. The smallest absolute Gasteiger partial charge is 0.349 e. The molecule has 0 radical (unpaired) electrons. The molecule has 1 aliphatic heterocycles. The van der Waals surface area contributed by atoms with Crippen molar-refractivity contribution in [3.8, 4) is 0 Å². The number of rotatable bonds is 9. The maximum atomic E-state index is 12.9. The molecule has 0 spiro atoms. The van der Waals surface area contributed by atoms with Crippen LogP contribution in [0.15, 0.2) is 42.6 Å². The lowest BCUT2D eigenvalue weighted by atomic mass is 9.82. The monoisotopic (exact) mass is 631 g/mol. The summed E-state index contributed by atoms with van der Waals surface area (Å²) in [4.78, 5) is 31.1. The highest BCUT2D eigenvalue weighted by Gasteiger charge is 2.36. The third-order valence-electron chi connectivity index (χ3n) is 7.35. The van der Waals surface area contributed by atoms with Crippen molar-refractivity contribution in [1.82, 2.24) is 20.5 Å². The highest BCUT2D eigenvalue weighted by Crippen LogP contribution is 2.36. The number of hydrogen-bond acceptors (Lipinski definition) is 8. The highest BCUT2D eigenvalue weighted by molar-refractivity contribution is 8.09. The van der Waals surface area contributed by atoms with Gasteiger partial charge >= 0.3 is 6.18 Å². The van der Waals surface area contributed by atoms with Crippen LogP contribution in [0.1, 0.15) is 53.2 Å². The first-order valence-corrected chi connectivity index (χ1v) is 16.9. The van der Waals surface area contributed by atoms with Crippen LogP contribution in [0.2, 0.25) is 0 Å². The van der Waals surface area contributed by atoms with Gasteiger partial charge in [-0.3, -0.25) is 19.5 Å². The van der Waals surface area contributed by atoms with Gasteiger partial charge in [0.2, 0.25) is 26.0 Å². The van der Waals surface area contributed by atoms with Crippen molar-refractivity contribution in [3.05, 3.63) is 59.4 Å². The lowest BCUT2D eigenvalue weighted by Crippen LogP contribution is -2.63. The van der Waals surface area contributed by atoms with Gasteiger partial charge in [-0.05, 0) is 56.0 Å². The number of nitrogens with one attached hydrogen (secondary N) is 2. The Morgan fingerprint density at radius 2 is 1.64 bits per heavy atom. The summed E-state index contributed by atoms with van der Waals surface area (Å²) in [5, 5.41) is 5.17. The molecule has 0 atom stereocenters. The molecule has 2 aromatic rings. The number of carbonyl (C=O) groups excluding carboxylic acids is 2. The predicted octanol–water partition coefficient (Wildman–Crippen LogP) is 2.08. The Morgan fingerprint density at radius 1 is 1.00 bits per heavy atom. The zero-order valence-corrected chi connectivity index (χ0v) is 24.6. The molecule has 2 fully saturated rings. The quantitative estimate of drug-likeness (QED) is 0.428.